The molecule has 0 aromatic heterocycles. The third-order valence-electron chi connectivity index (χ3n) is 3.60. The first kappa shape index (κ1) is 11.4. The van der Waals surface area contributed by atoms with Crippen LogP contribution in [0.4, 0.5) is 0 Å². The molecule has 0 amide bonds. The van der Waals surface area contributed by atoms with Crippen molar-refractivity contribution in [3.05, 3.63) is 33.3 Å². The molecule has 1 aromatic rings. The number of halogens is 2. The number of benzene rings is 1. The standard InChI is InChI=1S/C12H15BrClN/c1-12(2)9(6-15)11(12)8-5-7(13)3-4-10(8)14/h3-5,9,11H,6,15H2,1-2H3. The van der Waals surface area contributed by atoms with Crippen LogP contribution in [0, 0.1) is 11.3 Å². The van der Waals surface area contributed by atoms with E-state index in [1.54, 1.807) is 0 Å². The average Bonchev–Trinajstić information content (AvgIpc) is 2.72. The minimum absolute atomic E-state index is 0.291. The third-order valence-corrected chi connectivity index (χ3v) is 4.43. The molecule has 82 valence electrons. The molecule has 15 heavy (non-hydrogen) atoms. The second kappa shape index (κ2) is 3.76. The van der Waals surface area contributed by atoms with Gasteiger partial charge < -0.3 is 5.73 Å². The van der Waals surface area contributed by atoms with Gasteiger partial charge in [0, 0.05) is 9.50 Å². The smallest absolute Gasteiger partial charge is 0.0441 e. The van der Waals surface area contributed by atoms with Crippen molar-refractivity contribution in [2.45, 2.75) is 19.8 Å². The predicted molar refractivity (Wildman–Crippen MR) is 68.2 cm³/mol. The highest BCUT2D eigenvalue weighted by molar-refractivity contribution is 9.10. The van der Waals surface area contributed by atoms with Crippen molar-refractivity contribution < 1.29 is 0 Å². The van der Waals surface area contributed by atoms with E-state index in [-0.39, 0.29) is 0 Å². The molecule has 0 bridgehead atoms. The largest absolute Gasteiger partial charge is 0.330 e. The van der Waals surface area contributed by atoms with Crippen LogP contribution in [0.1, 0.15) is 25.3 Å². The summed E-state index contributed by atoms with van der Waals surface area (Å²) in [7, 11) is 0. The predicted octanol–water partition coefficient (Wildman–Crippen LogP) is 3.80. The maximum Gasteiger partial charge on any atom is 0.0441 e. The number of rotatable bonds is 2. The van der Waals surface area contributed by atoms with Crippen molar-refractivity contribution in [3.63, 3.8) is 0 Å². The molecule has 2 atom stereocenters. The van der Waals surface area contributed by atoms with E-state index in [9.17, 15) is 0 Å². The molecule has 0 spiro atoms. The summed E-state index contributed by atoms with van der Waals surface area (Å²) in [4.78, 5) is 0. The van der Waals surface area contributed by atoms with Crippen molar-refractivity contribution in [2.75, 3.05) is 6.54 Å². The second-order valence-corrected chi connectivity index (χ2v) is 6.13. The van der Waals surface area contributed by atoms with Gasteiger partial charge in [-0.1, -0.05) is 41.4 Å². The van der Waals surface area contributed by atoms with Gasteiger partial charge >= 0.3 is 0 Å². The van der Waals surface area contributed by atoms with Crippen LogP contribution in [0.15, 0.2) is 22.7 Å². The summed E-state index contributed by atoms with van der Waals surface area (Å²) in [6, 6.07) is 6.03. The number of nitrogens with two attached hydrogens (primary N) is 1. The zero-order chi connectivity index (χ0) is 11.2. The van der Waals surface area contributed by atoms with Crippen LogP contribution in [-0.2, 0) is 0 Å². The Morgan fingerprint density at radius 2 is 2.13 bits per heavy atom. The summed E-state index contributed by atoms with van der Waals surface area (Å²) in [6.07, 6.45) is 0. The lowest BCUT2D eigenvalue weighted by Crippen LogP contribution is -2.05. The summed E-state index contributed by atoms with van der Waals surface area (Å²) < 4.78 is 1.08. The van der Waals surface area contributed by atoms with Gasteiger partial charge in [-0.25, -0.2) is 0 Å². The van der Waals surface area contributed by atoms with Gasteiger partial charge in [0.25, 0.3) is 0 Å². The van der Waals surface area contributed by atoms with Crippen LogP contribution in [0.25, 0.3) is 0 Å². The average molecular weight is 289 g/mol. The van der Waals surface area contributed by atoms with Crippen LogP contribution in [0.2, 0.25) is 5.02 Å². The van der Waals surface area contributed by atoms with E-state index in [1.807, 2.05) is 12.1 Å². The van der Waals surface area contributed by atoms with Gasteiger partial charge in [-0.05, 0) is 47.6 Å². The molecule has 2 N–H and O–H groups in total. The number of hydrogen-bond acceptors (Lipinski definition) is 1. The Kier molecular flexibility index (Phi) is 2.87. The first-order valence-corrected chi connectivity index (χ1v) is 6.30. The molecular weight excluding hydrogens is 273 g/mol. The third kappa shape index (κ3) is 1.83. The van der Waals surface area contributed by atoms with Gasteiger partial charge in [-0.3, -0.25) is 0 Å². The molecule has 1 saturated carbocycles. The maximum atomic E-state index is 6.22. The minimum atomic E-state index is 0.291. The molecule has 3 heteroatoms. The molecule has 0 heterocycles. The topological polar surface area (TPSA) is 26.0 Å². The highest BCUT2D eigenvalue weighted by Gasteiger charge is 2.57. The van der Waals surface area contributed by atoms with Gasteiger partial charge in [-0.2, -0.15) is 0 Å². The normalized spacial score (nSPS) is 27.8. The van der Waals surface area contributed by atoms with Crippen molar-refractivity contribution in [2.24, 2.45) is 17.1 Å². The summed E-state index contributed by atoms with van der Waals surface area (Å²) in [6.45, 7) is 5.25. The van der Waals surface area contributed by atoms with Crippen molar-refractivity contribution in [1.82, 2.24) is 0 Å². The van der Waals surface area contributed by atoms with Gasteiger partial charge in [-0.15, -0.1) is 0 Å². The van der Waals surface area contributed by atoms with E-state index in [4.69, 9.17) is 17.3 Å². The lowest BCUT2D eigenvalue weighted by molar-refractivity contribution is 0.558. The van der Waals surface area contributed by atoms with Crippen molar-refractivity contribution >= 4 is 27.5 Å². The van der Waals surface area contributed by atoms with Gasteiger partial charge in [0.2, 0.25) is 0 Å². The Bertz CT molecular complexity index is 389. The molecule has 1 aromatic carbocycles. The highest BCUT2D eigenvalue weighted by atomic mass is 79.9. The lowest BCUT2D eigenvalue weighted by atomic mass is 10.0. The maximum absolute atomic E-state index is 6.22. The second-order valence-electron chi connectivity index (χ2n) is 4.81. The first-order chi connectivity index (χ1) is 6.98. The zero-order valence-electron chi connectivity index (χ0n) is 8.93. The van der Waals surface area contributed by atoms with Crippen molar-refractivity contribution in [1.29, 1.82) is 0 Å². The molecule has 0 saturated heterocycles. The van der Waals surface area contributed by atoms with E-state index >= 15 is 0 Å². The molecule has 1 fully saturated rings. The van der Waals surface area contributed by atoms with E-state index < -0.39 is 0 Å². The summed E-state index contributed by atoms with van der Waals surface area (Å²) in [5.41, 5.74) is 7.29. The minimum Gasteiger partial charge on any atom is -0.330 e. The van der Waals surface area contributed by atoms with Gasteiger partial charge in [0.1, 0.15) is 0 Å². The van der Waals surface area contributed by atoms with E-state index in [0.717, 1.165) is 16.0 Å². The molecule has 0 radical (unpaired) electrons. The Hall–Kier alpha value is -0.0500. The molecule has 1 aliphatic carbocycles. The Balaban J connectivity index is 2.36. The quantitative estimate of drug-likeness (QED) is 0.880. The van der Waals surface area contributed by atoms with Crippen LogP contribution in [0.5, 0.6) is 0 Å². The molecule has 1 aliphatic rings. The zero-order valence-corrected chi connectivity index (χ0v) is 11.3. The molecule has 1 nitrogen and oxygen atoms in total. The Morgan fingerprint density at radius 3 is 2.67 bits per heavy atom. The molecule has 2 rings (SSSR count). The van der Waals surface area contributed by atoms with E-state index in [2.05, 4.69) is 35.8 Å². The first-order valence-electron chi connectivity index (χ1n) is 5.13. The van der Waals surface area contributed by atoms with Crippen LogP contribution in [-0.4, -0.2) is 6.54 Å². The molecule has 2 unspecified atom stereocenters. The Morgan fingerprint density at radius 1 is 1.47 bits per heavy atom. The fraction of sp³-hybridized carbons (Fsp3) is 0.500. The van der Waals surface area contributed by atoms with E-state index in [0.29, 0.717) is 17.3 Å². The monoisotopic (exact) mass is 287 g/mol. The summed E-state index contributed by atoms with van der Waals surface area (Å²) in [5.74, 6) is 1.07. The molecular formula is C12H15BrClN. The van der Waals surface area contributed by atoms with Crippen LogP contribution < -0.4 is 5.73 Å². The number of hydrogen-bond donors (Lipinski definition) is 1. The highest BCUT2D eigenvalue weighted by Crippen LogP contribution is 2.64. The van der Waals surface area contributed by atoms with Crippen LogP contribution >= 0.6 is 27.5 Å². The lowest BCUT2D eigenvalue weighted by Gasteiger charge is -2.06. The van der Waals surface area contributed by atoms with Crippen LogP contribution in [0.3, 0.4) is 0 Å². The van der Waals surface area contributed by atoms with Crippen molar-refractivity contribution in [3.8, 4) is 0 Å². The summed E-state index contributed by atoms with van der Waals surface area (Å²) >= 11 is 9.70. The summed E-state index contributed by atoms with van der Waals surface area (Å²) in [5, 5.41) is 0.854. The fourth-order valence-electron chi connectivity index (χ4n) is 2.55. The SMILES string of the molecule is CC1(C)C(CN)C1c1cc(Br)ccc1Cl. The van der Waals surface area contributed by atoms with E-state index in [1.165, 1.54) is 5.56 Å². The molecule has 0 aliphatic heterocycles. The van der Waals surface area contributed by atoms with Gasteiger partial charge in [0.05, 0.1) is 0 Å². The Labute approximate surface area is 104 Å². The van der Waals surface area contributed by atoms with Gasteiger partial charge in [0.15, 0.2) is 0 Å². The fourth-order valence-corrected chi connectivity index (χ4v) is 3.17.